The molecule has 108 valence electrons. The summed E-state index contributed by atoms with van der Waals surface area (Å²) >= 11 is 1.86. The van der Waals surface area contributed by atoms with Crippen molar-refractivity contribution < 1.29 is 9.84 Å². The Balaban J connectivity index is 1.77. The maximum Gasteiger partial charge on any atom is 0.0900 e. The molecule has 1 aromatic rings. The van der Waals surface area contributed by atoms with Crippen molar-refractivity contribution in [1.82, 2.24) is 4.90 Å². The van der Waals surface area contributed by atoms with E-state index in [-0.39, 0.29) is 6.10 Å². The second-order valence-electron chi connectivity index (χ2n) is 5.30. The van der Waals surface area contributed by atoms with Crippen molar-refractivity contribution >= 4 is 11.3 Å². The fraction of sp³-hybridized carbons (Fsp3) is 0.733. The molecule has 2 atom stereocenters. The third-order valence-electron chi connectivity index (χ3n) is 3.80. The Kier molecular flexibility index (Phi) is 5.82. The number of β-amino-alcohol motifs (C(OH)–C–C–N with tert-alkyl or cyclic N) is 1. The fourth-order valence-electron chi connectivity index (χ4n) is 2.60. The molecule has 0 saturated heterocycles. The average molecular weight is 283 g/mol. The van der Waals surface area contributed by atoms with Crippen LogP contribution in [-0.4, -0.2) is 42.4 Å². The normalized spacial score (nSPS) is 21.3. The van der Waals surface area contributed by atoms with E-state index in [1.807, 2.05) is 11.3 Å². The highest BCUT2D eigenvalue weighted by Gasteiger charge is 2.26. The van der Waals surface area contributed by atoms with Gasteiger partial charge in [-0.1, -0.05) is 13.3 Å². The van der Waals surface area contributed by atoms with Crippen LogP contribution in [0.25, 0.3) is 0 Å². The van der Waals surface area contributed by atoms with Crippen molar-refractivity contribution in [2.75, 3.05) is 26.3 Å². The highest BCUT2D eigenvalue weighted by Crippen LogP contribution is 2.32. The summed E-state index contributed by atoms with van der Waals surface area (Å²) in [6, 6.07) is 2.64. The van der Waals surface area contributed by atoms with Crippen LogP contribution in [0.1, 0.15) is 43.2 Å². The summed E-state index contributed by atoms with van der Waals surface area (Å²) in [4.78, 5) is 3.88. The topological polar surface area (TPSA) is 32.7 Å². The number of thiophene rings is 1. The molecule has 3 nitrogen and oxygen atoms in total. The molecule has 0 saturated carbocycles. The van der Waals surface area contributed by atoms with E-state index in [1.54, 1.807) is 0 Å². The highest BCUT2D eigenvalue weighted by molar-refractivity contribution is 7.10. The quantitative estimate of drug-likeness (QED) is 0.781. The van der Waals surface area contributed by atoms with Crippen molar-refractivity contribution in [3.8, 4) is 0 Å². The summed E-state index contributed by atoms with van der Waals surface area (Å²) in [5, 5.41) is 12.2. The molecule has 0 bridgehead atoms. The van der Waals surface area contributed by atoms with E-state index in [9.17, 15) is 5.11 Å². The van der Waals surface area contributed by atoms with E-state index in [0.717, 1.165) is 32.4 Å². The predicted octanol–water partition coefficient (Wildman–Crippen LogP) is 2.84. The minimum atomic E-state index is -0.375. The van der Waals surface area contributed by atoms with Gasteiger partial charge >= 0.3 is 0 Å². The number of fused-ring (bicyclic) bond motifs is 1. The summed E-state index contributed by atoms with van der Waals surface area (Å²) in [5.74, 6) is 0. The van der Waals surface area contributed by atoms with E-state index in [4.69, 9.17) is 4.74 Å². The van der Waals surface area contributed by atoms with Gasteiger partial charge in [-0.25, -0.2) is 0 Å². The molecular weight excluding hydrogens is 258 g/mol. The molecule has 0 fully saturated rings. The van der Waals surface area contributed by atoms with Gasteiger partial charge < -0.3 is 9.84 Å². The lowest BCUT2D eigenvalue weighted by molar-refractivity contribution is 0.00760. The lowest BCUT2D eigenvalue weighted by Crippen LogP contribution is -2.40. The van der Waals surface area contributed by atoms with Crippen molar-refractivity contribution in [3.05, 3.63) is 21.9 Å². The van der Waals surface area contributed by atoms with Gasteiger partial charge in [0.05, 0.1) is 12.7 Å². The van der Waals surface area contributed by atoms with Gasteiger partial charge in [0.25, 0.3) is 0 Å². The predicted molar refractivity (Wildman–Crippen MR) is 79.7 cm³/mol. The summed E-state index contributed by atoms with van der Waals surface area (Å²) < 4.78 is 5.49. The van der Waals surface area contributed by atoms with Gasteiger partial charge in [-0.3, -0.25) is 4.90 Å². The lowest BCUT2D eigenvalue weighted by atomic mass is 10.0. The molecule has 0 spiro atoms. The van der Waals surface area contributed by atoms with Crippen LogP contribution in [0.15, 0.2) is 11.4 Å². The fourth-order valence-corrected chi connectivity index (χ4v) is 3.56. The Bertz CT molecular complexity index is 380. The van der Waals surface area contributed by atoms with Gasteiger partial charge in [-0.15, -0.1) is 11.3 Å². The number of hydrogen-bond acceptors (Lipinski definition) is 4. The molecule has 2 unspecified atom stereocenters. The van der Waals surface area contributed by atoms with E-state index in [0.29, 0.717) is 19.2 Å². The SMILES string of the molecule is CCCCOCC(O)CN1CCc2sccc2C1C. The summed E-state index contributed by atoms with van der Waals surface area (Å²) in [6.07, 6.45) is 2.95. The molecule has 4 heteroatoms. The minimum absolute atomic E-state index is 0.375. The summed E-state index contributed by atoms with van der Waals surface area (Å²) in [7, 11) is 0. The maximum absolute atomic E-state index is 10.1. The van der Waals surface area contributed by atoms with E-state index in [1.165, 1.54) is 10.4 Å². The van der Waals surface area contributed by atoms with Crippen molar-refractivity contribution in [2.24, 2.45) is 0 Å². The van der Waals surface area contributed by atoms with Crippen LogP contribution in [0.5, 0.6) is 0 Å². The van der Waals surface area contributed by atoms with Crippen LogP contribution >= 0.6 is 11.3 Å². The largest absolute Gasteiger partial charge is 0.389 e. The summed E-state index contributed by atoms with van der Waals surface area (Å²) in [6.45, 7) is 7.35. The first-order valence-electron chi connectivity index (χ1n) is 7.28. The first-order chi connectivity index (χ1) is 9.22. The van der Waals surface area contributed by atoms with Crippen LogP contribution in [0.2, 0.25) is 0 Å². The zero-order chi connectivity index (χ0) is 13.7. The minimum Gasteiger partial charge on any atom is -0.389 e. The standard InChI is InChI=1S/C15H25NO2S/c1-3-4-8-18-11-13(17)10-16-7-5-15-14(12(16)2)6-9-19-15/h6,9,12-13,17H,3-5,7-8,10-11H2,1-2H3. The van der Waals surface area contributed by atoms with Gasteiger partial charge in [-0.2, -0.15) is 0 Å². The monoisotopic (exact) mass is 283 g/mol. The molecular formula is C15H25NO2S. The Morgan fingerprint density at radius 1 is 1.58 bits per heavy atom. The number of nitrogens with zero attached hydrogens (tertiary/aromatic N) is 1. The van der Waals surface area contributed by atoms with Crippen LogP contribution in [0.4, 0.5) is 0 Å². The molecule has 2 rings (SSSR count). The van der Waals surface area contributed by atoms with E-state index >= 15 is 0 Å². The number of unbranched alkanes of at least 4 members (excludes halogenated alkanes) is 1. The zero-order valence-electron chi connectivity index (χ0n) is 12.0. The Hall–Kier alpha value is -0.420. The lowest BCUT2D eigenvalue weighted by Gasteiger charge is -2.34. The second kappa shape index (κ2) is 7.39. The number of hydrogen-bond donors (Lipinski definition) is 1. The first kappa shape index (κ1) is 15.0. The highest BCUT2D eigenvalue weighted by atomic mass is 32.1. The van der Waals surface area contributed by atoms with Gasteiger partial charge in [0.15, 0.2) is 0 Å². The van der Waals surface area contributed by atoms with Crippen LogP contribution in [0, 0.1) is 0 Å². The van der Waals surface area contributed by atoms with E-state index in [2.05, 4.69) is 30.2 Å². The molecule has 0 amide bonds. The molecule has 0 aromatic carbocycles. The molecule has 19 heavy (non-hydrogen) atoms. The molecule has 0 aliphatic carbocycles. The van der Waals surface area contributed by atoms with Crippen molar-refractivity contribution in [1.29, 1.82) is 0 Å². The first-order valence-corrected chi connectivity index (χ1v) is 8.16. The molecule has 1 aliphatic heterocycles. The van der Waals surface area contributed by atoms with E-state index < -0.39 is 0 Å². The number of ether oxygens (including phenoxy) is 1. The van der Waals surface area contributed by atoms with Gasteiger partial charge in [0.2, 0.25) is 0 Å². The van der Waals surface area contributed by atoms with Gasteiger partial charge in [-0.05, 0) is 36.8 Å². The molecule has 1 aliphatic rings. The molecule has 2 heterocycles. The number of aliphatic hydroxyl groups is 1. The molecule has 0 radical (unpaired) electrons. The molecule has 1 aromatic heterocycles. The number of rotatable bonds is 7. The second-order valence-corrected chi connectivity index (χ2v) is 6.30. The van der Waals surface area contributed by atoms with Gasteiger partial charge in [0.1, 0.15) is 0 Å². The molecule has 1 N–H and O–H groups in total. The Morgan fingerprint density at radius 3 is 3.21 bits per heavy atom. The van der Waals surface area contributed by atoms with Crippen LogP contribution in [0.3, 0.4) is 0 Å². The third kappa shape index (κ3) is 4.02. The maximum atomic E-state index is 10.1. The number of aliphatic hydroxyl groups excluding tert-OH is 1. The third-order valence-corrected chi connectivity index (χ3v) is 4.80. The Labute approximate surface area is 120 Å². The zero-order valence-corrected chi connectivity index (χ0v) is 12.8. The van der Waals surface area contributed by atoms with Crippen LogP contribution < -0.4 is 0 Å². The average Bonchev–Trinajstić information content (AvgIpc) is 2.87. The van der Waals surface area contributed by atoms with Crippen molar-refractivity contribution in [3.63, 3.8) is 0 Å². The van der Waals surface area contributed by atoms with Crippen molar-refractivity contribution in [2.45, 2.75) is 45.3 Å². The summed E-state index contributed by atoms with van der Waals surface area (Å²) in [5.41, 5.74) is 1.44. The Morgan fingerprint density at radius 2 is 2.42 bits per heavy atom. The van der Waals surface area contributed by atoms with Crippen LogP contribution in [-0.2, 0) is 11.2 Å². The van der Waals surface area contributed by atoms with Gasteiger partial charge in [0, 0.05) is 30.6 Å². The smallest absolute Gasteiger partial charge is 0.0900 e.